The average Bonchev–Trinajstić information content (AvgIpc) is 3.22. The van der Waals surface area contributed by atoms with Gasteiger partial charge < -0.3 is 23.7 Å². The van der Waals surface area contributed by atoms with E-state index in [4.69, 9.17) is 23.7 Å². The van der Waals surface area contributed by atoms with Crippen molar-refractivity contribution in [3.63, 3.8) is 0 Å². The Morgan fingerprint density at radius 1 is 1.08 bits per heavy atom. The predicted molar refractivity (Wildman–Crippen MR) is 152 cm³/mol. The number of hydrogen-bond donors (Lipinski definition) is 0. The van der Waals surface area contributed by atoms with Crippen LogP contribution in [0.4, 0.5) is 0 Å². The van der Waals surface area contributed by atoms with Crippen molar-refractivity contribution in [3.05, 3.63) is 76.9 Å². The summed E-state index contributed by atoms with van der Waals surface area (Å²) in [5, 5.41) is 0. The van der Waals surface area contributed by atoms with Gasteiger partial charge in [0.05, 0.1) is 54.8 Å². The maximum atomic E-state index is 13.9. The van der Waals surface area contributed by atoms with Crippen LogP contribution in [0.3, 0.4) is 0 Å². The van der Waals surface area contributed by atoms with Crippen LogP contribution in [-0.4, -0.2) is 45.1 Å². The number of halogens is 1. The molecular formula is C28H29BrN2O7S. The van der Waals surface area contributed by atoms with Gasteiger partial charge in [0.15, 0.2) is 16.3 Å². The molecule has 0 saturated carbocycles. The van der Waals surface area contributed by atoms with E-state index in [1.165, 1.54) is 23.0 Å². The van der Waals surface area contributed by atoms with Crippen LogP contribution < -0.4 is 33.8 Å². The fourth-order valence-electron chi connectivity index (χ4n) is 4.39. The van der Waals surface area contributed by atoms with E-state index in [0.717, 1.165) is 5.56 Å². The Kier molecular flexibility index (Phi) is 8.81. The molecule has 0 fully saturated rings. The van der Waals surface area contributed by atoms with Gasteiger partial charge in [0.2, 0.25) is 0 Å². The van der Waals surface area contributed by atoms with Gasteiger partial charge in [-0.2, -0.15) is 0 Å². The van der Waals surface area contributed by atoms with Gasteiger partial charge in [-0.3, -0.25) is 9.36 Å². The van der Waals surface area contributed by atoms with Crippen LogP contribution in [0.1, 0.15) is 37.9 Å². The lowest BCUT2D eigenvalue weighted by Gasteiger charge is -2.26. The number of aromatic nitrogens is 1. The van der Waals surface area contributed by atoms with Gasteiger partial charge in [-0.05, 0) is 72.6 Å². The van der Waals surface area contributed by atoms with Crippen molar-refractivity contribution < 1.29 is 28.5 Å². The van der Waals surface area contributed by atoms with Crippen LogP contribution in [-0.2, 0) is 9.53 Å². The maximum Gasteiger partial charge on any atom is 0.338 e. The summed E-state index contributed by atoms with van der Waals surface area (Å²) in [6, 6.07) is 8.09. The van der Waals surface area contributed by atoms with Gasteiger partial charge in [-0.25, -0.2) is 9.79 Å². The van der Waals surface area contributed by atoms with E-state index in [-0.39, 0.29) is 17.7 Å². The van der Waals surface area contributed by atoms with Crippen LogP contribution in [0.15, 0.2) is 55.9 Å². The first-order chi connectivity index (χ1) is 18.8. The van der Waals surface area contributed by atoms with Crippen molar-refractivity contribution in [2.45, 2.75) is 26.8 Å². The van der Waals surface area contributed by atoms with E-state index >= 15 is 0 Å². The van der Waals surface area contributed by atoms with Crippen LogP contribution in [0.25, 0.3) is 6.08 Å². The third-order valence-corrected chi connectivity index (χ3v) is 7.66. The summed E-state index contributed by atoms with van der Waals surface area (Å²) in [6.07, 6.45) is 1.76. The zero-order valence-electron chi connectivity index (χ0n) is 22.5. The number of thiazole rings is 1. The Morgan fingerprint density at radius 2 is 1.82 bits per heavy atom. The first-order valence-corrected chi connectivity index (χ1v) is 13.8. The van der Waals surface area contributed by atoms with E-state index in [9.17, 15) is 9.59 Å². The number of allylic oxidation sites excluding steroid dienone is 1. The van der Waals surface area contributed by atoms with E-state index in [2.05, 4.69) is 20.9 Å². The molecule has 4 rings (SSSR count). The highest BCUT2D eigenvalue weighted by Gasteiger charge is 2.35. The highest BCUT2D eigenvalue weighted by atomic mass is 79.9. The van der Waals surface area contributed by atoms with E-state index in [1.807, 2.05) is 13.0 Å². The van der Waals surface area contributed by atoms with Crippen LogP contribution in [0.2, 0.25) is 0 Å². The monoisotopic (exact) mass is 616 g/mol. The summed E-state index contributed by atoms with van der Waals surface area (Å²) in [7, 11) is 4.64. The van der Waals surface area contributed by atoms with Gasteiger partial charge in [0, 0.05) is 11.6 Å². The summed E-state index contributed by atoms with van der Waals surface area (Å²) in [5.74, 6) is 1.62. The zero-order valence-corrected chi connectivity index (χ0v) is 24.9. The number of ether oxygens (including phenoxy) is 5. The number of fused-ring (bicyclic) bond motifs is 1. The van der Waals surface area contributed by atoms with Gasteiger partial charge >= 0.3 is 5.97 Å². The molecule has 1 atom stereocenters. The normalized spacial score (nSPS) is 14.9. The fourth-order valence-corrected chi connectivity index (χ4v) is 6.01. The molecule has 0 aliphatic carbocycles. The minimum atomic E-state index is -0.815. The SMILES string of the molecule is CCOC(=O)C1=C(C)N=c2s/c(=C\c3cc(Br)c(OCC)c(OC)c3)c(=O)n2[C@@H]1c1ccc(OC)cc1OC. The lowest BCUT2D eigenvalue weighted by Crippen LogP contribution is -2.40. The lowest BCUT2D eigenvalue weighted by molar-refractivity contribution is -0.139. The molecule has 1 aliphatic rings. The summed E-state index contributed by atoms with van der Waals surface area (Å²) < 4.78 is 30.2. The molecule has 0 saturated heterocycles. The molecule has 206 valence electrons. The number of carbonyl (C=O) groups excluding carboxylic acids is 1. The first kappa shape index (κ1) is 28.4. The van der Waals surface area contributed by atoms with Crippen LogP contribution in [0, 0.1) is 0 Å². The number of esters is 1. The average molecular weight is 618 g/mol. The van der Waals surface area contributed by atoms with Crippen LogP contribution >= 0.6 is 27.3 Å². The molecule has 0 unspecified atom stereocenters. The van der Waals surface area contributed by atoms with E-state index in [1.54, 1.807) is 58.4 Å². The number of methoxy groups -OCH3 is 3. The molecule has 1 aliphatic heterocycles. The van der Waals surface area contributed by atoms with Crippen molar-refractivity contribution >= 4 is 39.3 Å². The Balaban J connectivity index is 1.97. The minimum absolute atomic E-state index is 0.182. The minimum Gasteiger partial charge on any atom is -0.497 e. The smallest absolute Gasteiger partial charge is 0.338 e. The molecular weight excluding hydrogens is 588 g/mol. The Labute approximate surface area is 238 Å². The zero-order chi connectivity index (χ0) is 28.3. The summed E-state index contributed by atoms with van der Waals surface area (Å²) in [6.45, 7) is 6.02. The van der Waals surface area contributed by atoms with Gasteiger partial charge in [0.1, 0.15) is 17.5 Å². The van der Waals surface area contributed by atoms with Gasteiger partial charge in [0.25, 0.3) is 5.56 Å². The highest BCUT2D eigenvalue weighted by Crippen LogP contribution is 2.38. The second kappa shape index (κ2) is 12.1. The summed E-state index contributed by atoms with van der Waals surface area (Å²) in [4.78, 5) is 32.2. The predicted octanol–water partition coefficient (Wildman–Crippen LogP) is 3.99. The second-order valence-corrected chi connectivity index (χ2v) is 10.2. The molecule has 2 heterocycles. The highest BCUT2D eigenvalue weighted by molar-refractivity contribution is 9.10. The second-order valence-electron chi connectivity index (χ2n) is 8.38. The van der Waals surface area contributed by atoms with E-state index in [0.29, 0.717) is 54.7 Å². The molecule has 0 spiro atoms. The summed E-state index contributed by atoms with van der Waals surface area (Å²) >= 11 is 4.77. The fraction of sp³-hybridized carbons (Fsp3) is 0.321. The Bertz CT molecular complexity index is 1620. The standard InChI is InChI=1S/C28H29BrN2O7S/c1-7-37-25-19(29)11-16(12-21(25)36-6)13-22-26(32)31-24(18-10-9-17(34-4)14-20(18)35-5)23(27(33)38-8-2)15(3)30-28(31)39-22/h9-14,24H,7-8H2,1-6H3/b22-13-/t24-/m1/s1. The molecule has 39 heavy (non-hydrogen) atoms. The Morgan fingerprint density at radius 3 is 2.46 bits per heavy atom. The third-order valence-electron chi connectivity index (χ3n) is 6.09. The third kappa shape index (κ3) is 5.46. The van der Waals surface area contributed by atoms with Crippen molar-refractivity contribution in [1.82, 2.24) is 4.57 Å². The summed E-state index contributed by atoms with van der Waals surface area (Å²) in [5.41, 5.74) is 1.76. The quantitative estimate of drug-likeness (QED) is 0.335. The van der Waals surface area contributed by atoms with Gasteiger partial charge in [-0.1, -0.05) is 11.3 Å². The van der Waals surface area contributed by atoms with Crippen molar-refractivity contribution in [1.29, 1.82) is 0 Å². The number of nitrogens with zero attached hydrogens (tertiary/aromatic N) is 2. The number of rotatable bonds is 9. The molecule has 0 radical (unpaired) electrons. The van der Waals surface area contributed by atoms with Crippen molar-refractivity contribution in [3.8, 4) is 23.0 Å². The lowest BCUT2D eigenvalue weighted by atomic mass is 9.95. The molecule has 0 amide bonds. The van der Waals surface area contributed by atoms with Crippen LogP contribution in [0.5, 0.6) is 23.0 Å². The van der Waals surface area contributed by atoms with Gasteiger partial charge in [-0.15, -0.1) is 0 Å². The van der Waals surface area contributed by atoms with E-state index < -0.39 is 12.0 Å². The van der Waals surface area contributed by atoms with Crippen molar-refractivity contribution in [2.24, 2.45) is 4.99 Å². The topological polar surface area (TPSA) is 97.6 Å². The number of hydrogen-bond acceptors (Lipinski definition) is 9. The number of benzene rings is 2. The number of carbonyl (C=O) groups is 1. The maximum absolute atomic E-state index is 13.9. The molecule has 1 aromatic heterocycles. The first-order valence-electron chi connectivity index (χ1n) is 12.2. The Hall–Kier alpha value is -3.57. The molecule has 0 N–H and O–H groups in total. The molecule has 9 nitrogen and oxygen atoms in total. The molecule has 0 bridgehead atoms. The molecule has 11 heteroatoms. The molecule has 3 aromatic rings. The largest absolute Gasteiger partial charge is 0.497 e. The van der Waals surface area contributed by atoms with Crippen molar-refractivity contribution in [2.75, 3.05) is 34.5 Å². The molecule has 2 aromatic carbocycles.